The van der Waals surface area contributed by atoms with Crippen molar-refractivity contribution < 1.29 is 4.74 Å². The zero-order chi connectivity index (χ0) is 10.7. The topological polar surface area (TPSA) is 21.3 Å². The number of benzene rings is 1. The normalized spacial score (nSPS) is 19.7. The number of nitrogens with one attached hydrogen (secondary N) is 1. The molecule has 0 aliphatic heterocycles. The minimum Gasteiger partial charge on any atom is -0.496 e. The van der Waals surface area contributed by atoms with Crippen LogP contribution in [-0.2, 0) is 12.8 Å². The molecule has 1 unspecified atom stereocenters. The van der Waals surface area contributed by atoms with Gasteiger partial charge in [0.15, 0.2) is 0 Å². The van der Waals surface area contributed by atoms with Crippen LogP contribution in [0.5, 0.6) is 5.75 Å². The van der Waals surface area contributed by atoms with Gasteiger partial charge in [0.05, 0.1) is 7.11 Å². The average Bonchev–Trinajstić information content (AvgIpc) is 2.28. The van der Waals surface area contributed by atoms with E-state index in [0.29, 0.717) is 0 Å². The highest BCUT2D eigenvalue weighted by atomic mass is 16.5. The zero-order valence-corrected chi connectivity index (χ0v) is 9.55. The Hall–Kier alpha value is -1.02. The van der Waals surface area contributed by atoms with Gasteiger partial charge in [0.25, 0.3) is 0 Å². The number of methoxy groups -OCH3 is 1. The van der Waals surface area contributed by atoms with Crippen LogP contribution in [0.15, 0.2) is 18.2 Å². The first-order valence-electron chi connectivity index (χ1n) is 5.64. The molecule has 0 heterocycles. The predicted octanol–water partition coefficient (Wildman–Crippen LogP) is 2.02. The highest BCUT2D eigenvalue weighted by Gasteiger charge is 2.20. The molecular weight excluding hydrogens is 186 g/mol. The molecular formula is C13H19NO. The quantitative estimate of drug-likeness (QED) is 0.815. The first-order chi connectivity index (χ1) is 7.35. The van der Waals surface area contributed by atoms with E-state index in [2.05, 4.69) is 23.5 Å². The minimum absolute atomic E-state index is 0.763. The number of hydrogen-bond donors (Lipinski definition) is 1. The highest BCUT2D eigenvalue weighted by Crippen LogP contribution is 2.31. The fourth-order valence-electron chi connectivity index (χ4n) is 2.48. The third kappa shape index (κ3) is 2.15. The van der Waals surface area contributed by atoms with E-state index in [4.69, 9.17) is 4.74 Å². The lowest BCUT2D eigenvalue weighted by Crippen LogP contribution is -2.25. The van der Waals surface area contributed by atoms with Gasteiger partial charge in [-0.25, -0.2) is 0 Å². The lowest BCUT2D eigenvalue weighted by molar-refractivity contribution is 0.387. The Bertz CT molecular complexity index is 321. The van der Waals surface area contributed by atoms with Gasteiger partial charge in [-0.1, -0.05) is 12.1 Å². The van der Waals surface area contributed by atoms with Gasteiger partial charge in [0.2, 0.25) is 0 Å². The SMILES string of the molecule is CNCC1CCc2cccc(OC)c2C1. The average molecular weight is 205 g/mol. The van der Waals surface area contributed by atoms with Gasteiger partial charge in [-0.3, -0.25) is 0 Å². The summed E-state index contributed by atoms with van der Waals surface area (Å²) in [5.74, 6) is 1.83. The summed E-state index contributed by atoms with van der Waals surface area (Å²) in [6.07, 6.45) is 3.64. The molecule has 1 aliphatic rings. The Morgan fingerprint density at radius 2 is 2.33 bits per heavy atom. The summed E-state index contributed by atoms with van der Waals surface area (Å²) in [6, 6.07) is 6.39. The van der Waals surface area contributed by atoms with Gasteiger partial charge >= 0.3 is 0 Å². The summed E-state index contributed by atoms with van der Waals surface area (Å²) >= 11 is 0. The first kappa shape index (κ1) is 10.5. The van der Waals surface area contributed by atoms with E-state index in [1.165, 1.54) is 24.0 Å². The maximum atomic E-state index is 5.42. The Morgan fingerprint density at radius 3 is 3.07 bits per heavy atom. The maximum absolute atomic E-state index is 5.42. The van der Waals surface area contributed by atoms with Crippen LogP contribution < -0.4 is 10.1 Å². The molecule has 82 valence electrons. The van der Waals surface area contributed by atoms with E-state index >= 15 is 0 Å². The van der Waals surface area contributed by atoms with Crippen molar-refractivity contribution in [3.63, 3.8) is 0 Å². The Balaban J connectivity index is 2.22. The summed E-state index contributed by atoms with van der Waals surface area (Å²) in [6.45, 7) is 1.11. The summed E-state index contributed by atoms with van der Waals surface area (Å²) in [4.78, 5) is 0. The van der Waals surface area contributed by atoms with Gasteiger partial charge < -0.3 is 10.1 Å². The van der Waals surface area contributed by atoms with Crippen molar-refractivity contribution in [1.82, 2.24) is 5.32 Å². The second-order valence-electron chi connectivity index (χ2n) is 4.26. The van der Waals surface area contributed by atoms with Crippen LogP contribution in [0.25, 0.3) is 0 Å². The number of aryl methyl sites for hydroxylation is 1. The Morgan fingerprint density at radius 1 is 1.47 bits per heavy atom. The molecule has 0 radical (unpaired) electrons. The van der Waals surface area contributed by atoms with Crippen LogP contribution in [0.2, 0.25) is 0 Å². The fourth-order valence-corrected chi connectivity index (χ4v) is 2.48. The monoisotopic (exact) mass is 205 g/mol. The van der Waals surface area contributed by atoms with E-state index in [1.54, 1.807) is 7.11 Å². The smallest absolute Gasteiger partial charge is 0.122 e. The molecule has 1 aromatic carbocycles. The lowest BCUT2D eigenvalue weighted by Gasteiger charge is -2.25. The third-order valence-corrected chi connectivity index (χ3v) is 3.26. The zero-order valence-electron chi connectivity index (χ0n) is 9.55. The van der Waals surface area contributed by atoms with Crippen molar-refractivity contribution in [2.45, 2.75) is 19.3 Å². The van der Waals surface area contributed by atoms with E-state index in [0.717, 1.165) is 24.6 Å². The van der Waals surface area contributed by atoms with Gasteiger partial charge in [0.1, 0.15) is 5.75 Å². The predicted molar refractivity (Wildman–Crippen MR) is 62.4 cm³/mol. The van der Waals surface area contributed by atoms with Crippen LogP contribution in [0.3, 0.4) is 0 Å². The molecule has 0 fully saturated rings. The number of fused-ring (bicyclic) bond motifs is 1. The maximum Gasteiger partial charge on any atom is 0.122 e. The van der Waals surface area contributed by atoms with Gasteiger partial charge in [0, 0.05) is 0 Å². The summed E-state index contributed by atoms with van der Waals surface area (Å²) < 4.78 is 5.42. The molecule has 2 heteroatoms. The molecule has 0 amide bonds. The molecule has 0 bridgehead atoms. The Labute approximate surface area is 91.6 Å². The third-order valence-electron chi connectivity index (χ3n) is 3.26. The molecule has 0 spiro atoms. The highest BCUT2D eigenvalue weighted by molar-refractivity contribution is 5.42. The number of ether oxygens (including phenoxy) is 1. The molecule has 0 saturated carbocycles. The van der Waals surface area contributed by atoms with Crippen molar-refractivity contribution >= 4 is 0 Å². The molecule has 2 nitrogen and oxygen atoms in total. The van der Waals surface area contributed by atoms with Crippen molar-refractivity contribution in [1.29, 1.82) is 0 Å². The van der Waals surface area contributed by atoms with E-state index < -0.39 is 0 Å². The molecule has 1 aromatic rings. The second kappa shape index (κ2) is 4.67. The summed E-state index contributed by atoms with van der Waals surface area (Å²) in [5, 5.41) is 3.26. The van der Waals surface area contributed by atoms with Gasteiger partial charge in [-0.2, -0.15) is 0 Å². The van der Waals surface area contributed by atoms with Crippen molar-refractivity contribution in [2.75, 3.05) is 20.7 Å². The summed E-state index contributed by atoms with van der Waals surface area (Å²) in [7, 11) is 3.79. The van der Waals surface area contributed by atoms with Crippen LogP contribution >= 0.6 is 0 Å². The molecule has 0 saturated heterocycles. The minimum atomic E-state index is 0.763. The van der Waals surface area contributed by atoms with E-state index in [9.17, 15) is 0 Å². The molecule has 1 aliphatic carbocycles. The number of hydrogen-bond acceptors (Lipinski definition) is 2. The van der Waals surface area contributed by atoms with Crippen LogP contribution in [0.4, 0.5) is 0 Å². The molecule has 0 aromatic heterocycles. The van der Waals surface area contributed by atoms with Crippen LogP contribution in [0, 0.1) is 5.92 Å². The van der Waals surface area contributed by atoms with Crippen molar-refractivity contribution in [3.05, 3.63) is 29.3 Å². The van der Waals surface area contributed by atoms with E-state index in [-0.39, 0.29) is 0 Å². The van der Waals surface area contributed by atoms with Gasteiger partial charge in [-0.05, 0) is 56.0 Å². The first-order valence-corrected chi connectivity index (χ1v) is 5.64. The Kier molecular flexibility index (Phi) is 3.27. The molecule has 1 atom stereocenters. The van der Waals surface area contributed by atoms with Crippen molar-refractivity contribution in [3.8, 4) is 5.75 Å². The molecule has 1 N–H and O–H groups in total. The summed E-state index contributed by atoms with van der Waals surface area (Å²) in [5.41, 5.74) is 2.90. The number of rotatable bonds is 3. The molecule has 15 heavy (non-hydrogen) atoms. The van der Waals surface area contributed by atoms with Gasteiger partial charge in [-0.15, -0.1) is 0 Å². The molecule has 2 rings (SSSR count). The van der Waals surface area contributed by atoms with E-state index in [1.807, 2.05) is 7.05 Å². The van der Waals surface area contributed by atoms with Crippen molar-refractivity contribution in [2.24, 2.45) is 5.92 Å². The van der Waals surface area contributed by atoms with Crippen LogP contribution in [0.1, 0.15) is 17.5 Å². The van der Waals surface area contributed by atoms with Crippen LogP contribution in [-0.4, -0.2) is 20.7 Å². The fraction of sp³-hybridized carbons (Fsp3) is 0.538. The standard InChI is InChI=1S/C13H19NO/c1-14-9-10-6-7-11-4-3-5-13(15-2)12(11)8-10/h3-5,10,14H,6-9H2,1-2H3. The second-order valence-corrected chi connectivity index (χ2v) is 4.26. The largest absolute Gasteiger partial charge is 0.496 e. The lowest BCUT2D eigenvalue weighted by atomic mass is 9.83.